The minimum atomic E-state index is 1.00. The average molecular weight is 208 g/mol. The van der Waals surface area contributed by atoms with Crippen molar-refractivity contribution in [3.63, 3.8) is 0 Å². The molecule has 84 valence electrons. The highest BCUT2D eigenvalue weighted by atomic mass is 16.2. The van der Waals surface area contributed by atoms with Crippen LogP contribution in [0, 0.1) is 6.92 Å². The maximum absolute atomic E-state index is 7.00. The van der Waals surface area contributed by atoms with Crippen molar-refractivity contribution in [2.45, 2.75) is 26.2 Å². The van der Waals surface area contributed by atoms with Gasteiger partial charge in [-0.1, -0.05) is 0 Å². The number of nitrogens with zero attached hydrogens (tertiary/aromatic N) is 2. The van der Waals surface area contributed by atoms with E-state index in [1.54, 1.807) is 0 Å². The summed E-state index contributed by atoms with van der Waals surface area (Å²) in [4.78, 5) is 6.74. The third-order valence-corrected chi connectivity index (χ3v) is 2.62. The van der Waals surface area contributed by atoms with Gasteiger partial charge in [-0.3, -0.25) is 4.98 Å². The first-order chi connectivity index (χ1) is 7.36. The maximum atomic E-state index is 7.00. The van der Waals surface area contributed by atoms with Crippen molar-refractivity contribution in [1.29, 1.82) is 0 Å². The van der Waals surface area contributed by atoms with Crippen molar-refractivity contribution in [3.05, 3.63) is 24.0 Å². The van der Waals surface area contributed by atoms with E-state index in [1.165, 1.54) is 38.0 Å². The maximum Gasteiger partial charge on any atom is 0.0552 e. The molecule has 3 heteroatoms. The van der Waals surface area contributed by atoms with Crippen molar-refractivity contribution < 1.29 is 5.11 Å². The molecule has 1 aromatic rings. The van der Waals surface area contributed by atoms with E-state index in [0.717, 1.165) is 12.8 Å². The first-order valence-corrected chi connectivity index (χ1v) is 5.48. The highest BCUT2D eigenvalue weighted by Crippen LogP contribution is 2.18. The van der Waals surface area contributed by atoms with Crippen LogP contribution in [-0.4, -0.2) is 30.3 Å². The van der Waals surface area contributed by atoms with Gasteiger partial charge in [0.2, 0.25) is 0 Å². The van der Waals surface area contributed by atoms with Crippen LogP contribution < -0.4 is 4.90 Å². The molecular weight excluding hydrogens is 188 g/mol. The van der Waals surface area contributed by atoms with Gasteiger partial charge in [0.15, 0.2) is 0 Å². The lowest BCUT2D eigenvalue weighted by Crippen LogP contribution is -2.29. The Balaban J connectivity index is 0.000000531. The molecule has 0 unspecified atom stereocenters. The van der Waals surface area contributed by atoms with Crippen molar-refractivity contribution in [1.82, 2.24) is 4.98 Å². The Morgan fingerprint density at radius 3 is 2.33 bits per heavy atom. The van der Waals surface area contributed by atoms with Crippen LogP contribution in [0.5, 0.6) is 0 Å². The van der Waals surface area contributed by atoms with E-state index >= 15 is 0 Å². The molecule has 0 saturated carbocycles. The summed E-state index contributed by atoms with van der Waals surface area (Å²) >= 11 is 0. The summed E-state index contributed by atoms with van der Waals surface area (Å²) in [7, 11) is 1.00. The zero-order valence-electron chi connectivity index (χ0n) is 9.61. The predicted molar refractivity (Wildman–Crippen MR) is 63.2 cm³/mol. The molecule has 1 fully saturated rings. The normalized spacial score (nSPS) is 15.5. The molecule has 1 aliphatic rings. The molecule has 0 aromatic carbocycles. The van der Waals surface area contributed by atoms with Gasteiger partial charge in [-0.2, -0.15) is 0 Å². The first-order valence-electron chi connectivity index (χ1n) is 5.48. The van der Waals surface area contributed by atoms with Crippen molar-refractivity contribution in [2.24, 2.45) is 0 Å². The minimum Gasteiger partial charge on any atom is -0.400 e. The van der Waals surface area contributed by atoms with Gasteiger partial charge in [0.05, 0.1) is 11.9 Å². The van der Waals surface area contributed by atoms with Crippen molar-refractivity contribution in [3.8, 4) is 0 Å². The standard InChI is InChI=1S/C11H16N2.CH4O/c1-10-5-6-11(9-12-10)13-7-3-2-4-8-13;1-2/h5-6,9H,2-4,7-8H2,1H3;2H,1H3. The highest BCUT2D eigenvalue weighted by Gasteiger charge is 2.10. The van der Waals surface area contributed by atoms with E-state index in [9.17, 15) is 0 Å². The largest absolute Gasteiger partial charge is 0.400 e. The molecule has 1 aliphatic heterocycles. The predicted octanol–water partition coefficient (Wildman–Crippen LogP) is 1.99. The molecule has 0 bridgehead atoms. The Morgan fingerprint density at radius 2 is 1.80 bits per heavy atom. The fraction of sp³-hybridized carbons (Fsp3) is 0.583. The Labute approximate surface area is 91.8 Å². The van der Waals surface area contributed by atoms with Crippen molar-refractivity contribution in [2.75, 3.05) is 25.1 Å². The van der Waals surface area contributed by atoms with Gasteiger partial charge in [-0.05, 0) is 38.3 Å². The molecule has 2 rings (SSSR count). The van der Waals surface area contributed by atoms with E-state index in [2.05, 4.69) is 22.0 Å². The molecule has 15 heavy (non-hydrogen) atoms. The minimum absolute atomic E-state index is 1.00. The molecule has 3 nitrogen and oxygen atoms in total. The number of piperidine rings is 1. The second kappa shape index (κ2) is 6.40. The smallest absolute Gasteiger partial charge is 0.0552 e. The van der Waals surface area contributed by atoms with E-state index < -0.39 is 0 Å². The highest BCUT2D eigenvalue weighted by molar-refractivity contribution is 5.44. The number of aromatic nitrogens is 1. The number of pyridine rings is 1. The van der Waals surface area contributed by atoms with E-state index in [1.807, 2.05) is 13.1 Å². The molecule has 0 aliphatic carbocycles. The van der Waals surface area contributed by atoms with E-state index in [-0.39, 0.29) is 0 Å². The van der Waals surface area contributed by atoms with Crippen LogP contribution in [0.2, 0.25) is 0 Å². The number of aliphatic hydroxyl groups excluding tert-OH is 1. The third-order valence-electron chi connectivity index (χ3n) is 2.62. The molecule has 1 saturated heterocycles. The van der Waals surface area contributed by atoms with Crippen LogP contribution in [0.3, 0.4) is 0 Å². The van der Waals surface area contributed by atoms with Gasteiger partial charge in [0.1, 0.15) is 0 Å². The van der Waals surface area contributed by atoms with Crippen LogP contribution in [0.15, 0.2) is 18.3 Å². The van der Waals surface area contributed by atoms with Gasteiger partial charge in [-0.15, -0.1) is 0 Å². The number of aryl methyl sites for hydroxylation is 1. The molecule has 1 aromatic heterocycles. The average Bonchev–Trinajstić information content (AvgIpc) is 2.34. The molecule has 2 heterocycles. The lowest BCUT2D eigenvalue weighted by Gasteiger charge is -2.28. The Hall–Kier alpha value is -1.09. The monoisotopic (exact) mass is 208 g/mol. The second-order valence-corrected chi connectivity index (χ2v) is 3.71. The SMILES string of the molecule is CO.Cc1ccc(N2CCCCC2)cn1. The van der Waals surface area contributed by atoms with Crippen LogP contribution in [0.25, 0.3) is 0 Å². The number of hydrogen-bond acceptors (Lipinski definition) is 3. The third kappa shape index (κ3) is 3.51. The summed E-state index contributed by atoms with van der Waals surface area (Å²) < 4.78 is 0. The topological polar surface area (TPSA) is 36.4 Å². The van der Waals surface area contributed by atoms with Crippen molar-refractivity contribution >= 4 is 5.69 Å². The van der Waals surface area contributed by atoms with Gasteiger partial charge >= 0.3 is 0 Å². The summed E-state index contributed by atoms with van der Waals surface area (Å²) in [5.74, 6) is 0. The lowest BCUT2D eigenvalue weighted by molar-refractivity contribution is 0.399. The lowest BCUT2D eigenvalue weighted by atomic mass is 10.1. The fourth-order valence-corrected chi connectivity index (χ4v) is 1.80. The number of hydrogen-bond donors (Lipinski definition) is 1. The molecule has 0 radical (unpaired) electrons. The van der Waals surface area contributed by atoms with Crippen LogP contribution in [0.4, 0.5) is 5.69 Å². The molecular formula is C12H20N2O. The summed E-state index contributed by atoms with van der Waals surface area (Å²) in [6.45, 7) is 4.43. The molecule has 1 N–H and O–H groups in total. The van der Waals surface area contributed by atoms with Crippen LogP contribution in [-0.2, 0) is 0 Å². The summed E-state index contributed by atoms with van der Waals surface area (Å²) in [6, 6.07) is 4.26. The van der Waals surface area contributed by atoms with Gasteiger partial charge < -0.3 is 10.0 Å². The first kappa shape index (κ1) is 12.0. The molecule has 0 amide bonds. The van der Waals surface area contributed by atoms with E-state index in [0.29, 0.717) is 0 Å². The van der Waals surface area contributed by atoms with Crippen LogP contribution >= 0.6 is 0 Å². The Bertz CT molecular complexity index is 265. The van der Waals surface area contributed by atoms with E-state index in [4.69, 9.17) is 5.11 Å². The van der Waals surface area contributed by atoms with Crippen LogP contribution in [0.1, 0.15) is 25.0 Å². The zero-order valence-corrected chi connectivity index (χ0v) is 9.61. The second-order valence-electron chi connectivity index (χ2n) is 3.71. The summed E-state index contributed by atoms with van der Waals surface area (Å²) in [6.07, 6.45) is 6.03. The molecule has 0 atom stereocenters. The number of rotatable bonds is 1. The molecule has 0 spiro atoms. The quantitative estimate of drug-likeness (QED) is 0.766. The van der Waals surface area contributed by atoms with Gasteiger partial charge in [-0.25, -0.2) is 0 Å². The van der Waals surface area contributed by atoms with Gasteiger partial charge in [0, 0.05) is 25.9 Å². The Morgan fingerprint density at radius 1 is 1.13 bits per heavy atom. The summed E-state index contributed by atoms with van der Waals surface area (Å²) in [5, 5.41) is 7.00. The zero-order chi connectivity index (χ0) is 11.1. The number of aliphatic hydroxyl groups is 1. The number of anilines is 1. The fourth-order valence-electron chi connectivity index (χ4n) is 1.80. The summed E-state index contributed by atoms with van der Waals surface area (Å²) in [5.41, 5.74) is 2.38. The van der Waals surface area contributed by atoms with Gasteiger partial charge in [0.25, 0.3) is 0 Å². The Kier molecular flexibility index (Phi) is 5.12.